The number of benzene rings is 2. The van der Waals surface area contributed by atoms with Crippen LogP contribution in [0.2, 0.25) is 10.0 Å². The molecule has 0 aliphatic carbocycles. The summed E-state index contributed by atoms with van der Waals surface area (Å²) in [7, 11) is 0. The number of halogens is 2. The molecule has 0 bridgehead atoms. The Labute approximate surface area is 143 Å². The van der Waals surface area contributed by atoms with Crippen LogP contribution in [0.1, 0.15) is 0 Å². The summed E-state index contributed by atoms with van der Waals surface area (Å²) < 4.78 is 4.91. The molecule has 0 aliphatic heterocycles. The van der Waals surface area contributed by atoms with Crippen molar-refractivity contribution in [3.05, 3.63) is 50.4 Å². The molecule has 0 fully saturated rings. The van der Waals surface area contributed by atoms with E-state index in [0.29, 0.717) is 10.0 Å². The molecule has 7 heteroatoms. The highest BCUT2D eigenvalue weighted by molar-refractivity contribution is 7.73. The van der Waals surface area contributed by atoms with Gasteiger partial charge in [0.25, 0.3) is 0 Å². The van der Waals surface area contributed by atoms with Crippen molar-refractivity contribution in [1.29, 1.82) is 0 Å². The molecular weight excluding hydrogens is 363 g/mol. The average molecular weight is 369 g/mol. The molecule has 0 atom stereocenters. The van der Waals surface area contributed by atoms with E-state index < -0.39 is 0 Å². The topological polar surface area (TPSA) is 17.8 Å². The molecule has 0 amide bonds. The second-order valence-corrected chi connectivity index (χ2v) is 7.98. The van der Waals surface area contributed by atoms with Crippen molar-refractivity contribution in [1.82, 2.24) is 9.55 Å². The Morgan fingerprint density at radius 2 is 1.67 bits per heavy atom. The van der Waals surface area contributed by atoms with Crippen LogP contribution in [-0.2, 0) is 0 Å². The molecule has 21 heavy (non-hydrogen) atoms. The Balaban J connectivity index is 2.05. The summed E-state index contributed by atoms with van der Waals surface area (Å²) in [6, 6.07) is 11.5. The lowest BCUT2D eigenvalue weighted by atomic mass is 10.3. The summed E-state index contributed by atoms with van der Waals surface area (Å²) in [6.07, 6.45) is 0. The maximum Gasteiger partial charge on any atom is 0.196 e. The fraction of sp³-hybridized carbons (Fsp3) is 0. The van der Waals surface area contributed by atoms with Crippen LogP contribution >= 0.6 is 58.1 Å². The molecule has 0 saturated heterocycles. The Hall–Kier alpha value is -0.980. The highest BCUT2D eigenvalue weighted by Gasteiger charge is 2.12. The zero-order chi connectivity index (χ0) is 14.6. The minimum atomic E-state index is 0.682. The van der Waals surface area contributed by atoms with Gasteiger partial charge in [0, 0.05) is 10.0 Å². The number of hydrogen-bond acceptors (Lipinski definition) is 4. The van der Waals surface area contributed by atoms with Crippen LogP contribution in [0.4, 0.5) is 0 Å². The standard InChI is InChI=1S/C14H6Cl2N2S3/c15-7-1-3-11-9(5-7)17-13(20-11)18-10-6-8(16)2-4-12(10)21-14(18)19/h1-6H. The molecule has 2 aromatic heterocycles. The molecule has 0 saturated carbocycles. The predicted molar refractivity (Wildman–Crippen MR) is 95.2 cm³/mol. The quantitative estimate of drug-likeness (QED) is 0.365. The van der Waals surface area contributed by atoms with E-state index in [1.54, 1.807) is 22.7 Å². The van der Waals surface area contributed by atoms with Crippen molar-refractivity contribution in [2.45, 2.75) is 0 Å². The Kier molecular flexibility index (Phi) is 3.28. The van der Waals surface area contributed by atoms with E-state index in [4.69, 9.17) is 35.4 Å². The lowest BCUT2D eigenvalue weighted by Crippen LogP contribution is -1.91. The molecule has 0 aliphatic rings. The summed E-state index contributed by atoms with van der Waals surface area (Å²) in [5.41, 5.74) is 1.87. The van der Waals surface area contributed by atoms with Gasteiger partial charge < -0.3 is 0 Å². The van der Waals surface area contributed by atoms with E-state index >= 15 is 0 Å². The second kappa shape index (κ2) is 5.04. The van der Waals surface area contributed by atoms with E-state index in [1.807, 2.05) is 41.0 Å². The van der Waals surface area contributed by atoms with Crippen LogP contribution in [0.5, 0.6) is 0 Å². The van der Waals surface area contributed by atoms with Crippen molar-refractivity contribution < 1.29 is 0 Å². The summed E-state index contributed by atoms with van der Waals surface area (Å²) in [5, 5.41) is 2.21. The van der Waals surface area contributed by atoms with Gasteiger partial charge in [-0.1, -0.05) is 34.5 Å². The minimum Gasteiger partial charge on any atom is -0.267 e. The first-order chi connectivity index (χ1) is 10.1. The number of nitrogens with zero attached hydrogens (tertiary/aromatic N) is 2. The van der Waals surface area contributed by atoms with Crippen LogP contribution in [0, 0.1) is 3.95 Å². The Morgan fingerprint density at radius 3 is 2.48 bits per heavy atom. The maximum atomic E-state index is 6.11. The van der Waals surface area contributed by atoms with E-state index in [-0.39, 0.29) is 0 Å². The number of fused-ring (bicyclic) bond motifs is 2. The number of thiazole rings is 2. The van der Waals surface area contributed by atoms with Gasteiger partial charge in [0.15, 0.2) is 9.09 Å². The summed E-state index contributed by atoms with van der Waals surface area (Å²) in [5.74, 6) is 0. The zero-order valence-corrected chi connectivity index (χ0v) is 14.3. The lowest BCUT2D eigenvalue weighted by molar-refractivity contribution is 1.10. The fourth-order valence-corrected chi connectivity index (χ4v) is 4.88. The van der Waals surface area contributed by atoms with Gasteiger partial charge in [-0.15, -0.1) is 11.3 Å². The molecule has 2 heterocycles. The van der Waals surface area contributed by atoms with Gasteiger partial charge in [0.1, 0.15) is 0 Å². The van der Waals surface area contributed by atoms with Crippen LogP contribution in [0.15, 0.2) is 36.4 Å². The molecule has 4 rings (SSSR count). The first-order valence-corrected chi connectivity index (χ1v) is 8.79. The number of hydrogen-bond donors (Lipinski definition) is 0. The van der Waals surface area contributed by atoms with E-state index in [1.165, 1.54) is 0 Å². The monoisotopic (exact) mass is 368 g/mol. The summed E-state index contributed by atoms with van der Waals surface area (Å²) in [4.78, 5) is 4.65. The van der Waals surface area contributed by atoms with E-state index in [9.17, 15) is 0 Å². The molecule has 0 radical (unpaired) electrons. The normalized spacial score (nSPS) is 11.5. The minimum absolute atomic E-state index is 0.682. The smallest absolute Gasteiger partial charge is 0.196 e. The number of aromatic nitrogens is 2. The highest BCUT2D eigenvalue weighted by Crippen LogP contribution is 2.33. The Bertz CT molecular complexity index is 1050. The Morgan fingerprint density at radius 1 is 0.952 bits per heavy atom. The second-order valence-electron chi connectivity index (χ2n) is 4.42. The first kappa shape index (κ1) is 13.7. The van der Waals surface area contributed by atoms with Gasteiger partial charge in [-0.3, -0.25) is 4.57 Å². The van der Waals surface area contributed by atoms with Crippen LogP contribution in [0.3, 0.4) is 0 Å². The SMILES string of the molecule is S=c1sc2ccc(Cl)cc2n1-c1nc2cc(Cl)ccc2s1. The number of rotatable bonds is 1. The molecule has 0 spiro atoms. The predicted octanol–water partition coefficient (Wildman–Crippen LogP) is 6.34. The van der Waals surface area contributed by atoms with Crippen molar-refractivity contribution >= 4 is 78.5 Å². The summed E-state index contributed by atoms with van der Waals surface area (Å²) >= 11 is 20.8. The van der Waals surface area contributed by atoms with Crippen molar-refractivity contribution in [3.8, 4) is 5.13 Å². The third kappa shape index (κ3) is 2.29. The fourth-order valence-electron chi connectivity index (χ4n) is 2.15. The third-order valence-corrected chi connectivity index (χ3v) is 5.92. The first-order valence-electron chi connectivity index (χ1n) is 5.99. The van der Waals surface area contributed by atoms with Gasteiger partial charge in [-0.05, 0) is 48.6 Å². The summed E-state index contributed by atoms with van der Waals surface area (Å²) in [6.45, 7) is 0. The van der Waals surface area contributed by atoms with Crippen LogP contribution in [-0.4, -0.2) is 9.55 Å². The third-order valence-electron chi connectivity index (χ3n) is 3.07. The van der Waals surface area contributed by atoms with Gasteiger partial charge in [-0.25, -0.2) is 4.98 Å². The van der Waals surface area contributed by atoms with E-state index in [0.717, 1.165) is 29.5 Å². The average Bonchev–Trinajstić information content (AvgIpc) is 2.97. The molecule has 0 N–H and O–H groups in total. The molecule has 0 unspecified atom stereocenters. The van der Waals surface area contributed by atoms with Gasteiger partial charge in [0.05, 0.1) is 20.4 Å². The zero-order valence-electron chi connectivity index (χ0n) is 10.3. The van der Waals surface area contributed by atoms with E-state index in [2.05, 4.69) is 4.98 Å². The van der Waals surface area contributed by atoms with Gasteiger partial charge in [-0.2, -0.15) is 0 Å². The highest BCUT2D eigenvalue weighted by atomic mass is 35.5. The maximum absolute atomic E-state index is 6.11. The molecule has 2 nitrogen and oxygen atoms in total. The van der Waals surface area contributed by atoms with Crippen LogP contribution < -0.4 is 0 Å². The van der Waals surface area contributed by atoms with Crippen molar-refractivity contribution in [2.75, 3.05) is 0 Å². The molecule has 2 aromatic carbocycles. The largest absolute Gasteiger partial charge is 0.267 e. The molecule has 104 valence electrons. The van der Waals surface area contributed by atoms with Crippen molar-refractivity contribution in [2.24, 2.45) is 0 Å². The molecular formula is C14H6Cl2N2S3. The molecule has 4 aromatic rings. The van der Waals surface area contributed by atoms with Gasteiger partial charge >= 0.3 is 0 Å². The van der Waals surface area contributed by atoms with Crippen LogP contribution in [0.25, 0.3) is 25.6 Å². The van der Waals surface area contributed by atoms with Gasteiger partial charge in [0.2, 0.25) is 0 Å². The lowest BCUT2D eigenvalue weighted by Gasteiger charge is -1.99. The van der Waals surface area contributed by atoms with Crippen molar-refractivity contribution in [3.63, 3.8) is 0 Å².